The van der Waals surface area contributed by atoms with E-state index in [1.54, 1.807) is 14.2 Å². The van der Waals surface area contributed by atoms with Crippen LogP contribution in [0.15, 0.2) is 46.9 Å². The van der Waals surface area contributed by atoms with Crippen molar-refractivity contribution >= 4 is 33.6 Å². The van der Waals surface area contributed by atoms with Gasteiger partial charge in [-0.15, -0.1) is 0 Å². The number of carbonyl (C=O) groups excluding carboxylic acids is 1. The van der Waals surface area contributed by atoms with E-state index in [2.05, 4.69) is 64.3 Å². The highest BCUT2D eigenvalue weighted by Crippen LogP contribution is 2.53. The van der Waals surface area contributed by atoms with E-state index in [0.717, 1.165) is 15.7 Å². The Labute approximate surface area is 179 Å². The van der Waals surface area contributed by atoms with Gasteiger partial charge in [0.25, 0.3) is 0 Å². The highest BCUT2D eigenvalue weighted by molar-refractivity contribution is 9.10. The number of methoxy groups -OCH3 is 2. The van der Waals surface area contributed by atoms with Crippen molar-refractivity contribution in [2.45, 2.75) is 31.3 Å². The first-order valence-electron chi connectivity index (χ1n) is 9.62. The molecule has 2 aliphatic heterocycles. The number of nitrogens with one attached hydrogen (secondary N) is 1. The molecule has 0 bridgehead atoms. The SMILES string of the molecule is COc1ccc(C=C[C@]23NC(=O)CCN2c2ccc(Br)cc2C3(C)C)cc1OC. The van der Waals surface area contributed by atoms with Gasteiger partial charge in [-0.2, -0.15) is 0 Å². The lowest BCUT2D eigenvalue weighted by Crippen LogP contribution is -2.68. The van der Waals surface area contributed by atoms with Gasteiger partial charge in [0, 0.05) is 28.5 Å². The van der Waals surface area contributed by atoms with Crippen molar-refractivity contribution in [3.8, 4) is 11.5 Å². The molecule has 0 unspecified atom stereocenters. The number of carbonyl (C=O) groups is 1. The second kappa shape index (κ2) is 7.10. The van der Waals surface area contributed by atoms with Crippen molar-refractivity contribution in [3.63, 3.8) is 0 Å². The molecule has 6 heteroatoms. The van der Waals surface area contributed by atoms with Gasteiger partial charge in [0.1, 0.15) is 5.66 Å². The molecule has 1 saturated heterocycles. The van der Waals surface area contributed by atoms with Crippen LogP contribution in [-0.2, 0) is 10.2 Å². The second-order valence-corrected chi connectivity index (χ2v) is 8.87. The summed E-state index contributed by atoms with van der Waals surface area (Å²) in [6.45, 7) is 5.05. The summed E-state index contributed by atoms with van der Waals surface area (Å²) in [7, 11) is 3.25. The molecule has 2 heterocycles. The number of halogens is 1. The number of benzene rings is 2. The number of hydrogen-bond acceptors (Lipinski definition) is 4. The lowest BCUT2D eigenvalue weighted by atomic mass is 9.74. The molecule has 1 amide bonds. The minimum atomic E-state index is -0.640. The smallest absolute Gasteiger partial charge is 0.223 e. The standard InChI is InChI=1S/C23H25BrN2O3/c1-22(2)17-14-16(24)6-7-18(17)26-12-10-21(27)25-23(22,26)11-9-15-5-8-19(28-3)20(13-15)29-4/h5-9,11,13-14H,10,12H2,1-4H3,(H,25,27)/t23-/m0/s1. The third kappa shape index (κ3) is 3.01. The number of fused-ring (bicyclic) bond motifs is 3. The normalized spacial score (nSPS) is 22.2. The van der Waals surface area contributed by atoms with Crippen molar-refractivity contribution in [3.05, 3.63) is 58.1 Å². The fourth-order valence-electron chi connectivity index (χ4n) is 4.50. The molecule has 0 radical (unpaired) electrons. The summed E-state index contributed by atoms with van der Waals surface area (Å²) in [4.78, 5) is 14.8. The Balaban J connectivity index is 1.81. The largest absolute Gasteiger partial charge is 0.493 e. The first-order valence-corrected chi connectivity index (χ1v) is 10.4. The predicted octanol–water partition coefficient (Wildman–Crippen LogP) is 4.49. The van der Waals surface area contributed by atoms with Gasteiger partial charge < -0.3 is 19.7 Å². The molecule has 0 aliphatic carbocycles. The first-order chi connectivity index (χ1) is 13.8. The van der Waals surface area contributed by atoms with Crippen LogP contribution in [0.25, 0.3) is 6.08 Å². The van der Waals surface area contributed by atoms with E-state index in [4.69, 9.17) is 9.47 Å². The van der Waals surface area contributed by atoms with Crippen molar-refractivity contribution in [1.82, 2.24) is 5.32 Å². The average Bonchev–Trinajstić information content (AvgIpc) is 2.89. The number of ether oxygens (including phenoxy) is 2. The molecule has 1 N–H and O–H groups in total. The Hall–Kier alpha value is -2.47. The summed E-state index contributed by atoms with van der Waals surface area (Å²) < 4.78 is 11.8. The van der Waals surface area contributed by atoms with Crippen molar-refractivity contribution in [2.24, 2.45) is 0 Å². The van der Waals surface area contributed by atoms with Gasteiger partial charge in [-0.3, -0.25) is 4.79 Å². The van der Waals surface area contributed by atoms with Crippen LogP contribution in [0.2, 0.25) is 0 Å². The van der Waals surface area contributed by atoms with Gasteiger partial charge >= 0.3 is 0 Å². The molecule has 2 aliphatic rings. The zero-order valence-corrected chi connectivity index (χ0v) is 18.7. The van der Waals surface area contributed by atoms with Gasteiger partial charge in [-0.1, -0.05) is 41.9 Å². The van der Waals surface area contributed by atoms with Crippen LogP contribution in [0, 0.1) is 0 Å². The Morgan fingerprint density at radius 1 is 1.10 bits per heavy atom. The van der Waals surface area contributed by atoms with Crippen LogP contribution in [0.1, 0.15) is 31.4 Å². The van der Waals surface area contributed by atoms with E-state index in [1.165, 1.54) is 5.56 Å². The van der Waals surface area contributed by atoms with Crippen molar-refractivity contribution < 1.29 is 14.3 Å². The highest BCUT2D eigenvalue weighted by Gasteiger charge is 2.57. The summed E-state index contributed by atoms with van der Waals surface area (Å²) >= 11 is 3.60. The van der Waals surface area contributed by atoms with Crippen LogP contribution >= 0.6 is 15.9 Å². The summed E-state index contributed by atoms with van der Waals surface area (Å²) in [5, 5.41) is 3.30. The molecule has 0 saturated carbocycles. The third-order valence-electron chi connectivity index (χ3n) is 6.12. The van der Waals surface area contributed by atoms with Gasteiger partial charge in [0.2, 0.25) is 5.91 Å². The van der Waals surface area contributed by atoms with E-state index in [0.29, 0.717) is 24.5 Å². The lowest BCUT2D eigenvalue weighted by molar-refractivity contribution is -0.124. The van der Waals surface area contributed by atoms with Gasteiger partial charge in [0.05, 0.1) is 14.2 Å². The quantitative estimate of drug-likeness (QED) is 0.735. The monoisotopic (exact) mass is 456 g/mol. The maximum Gasteiger partial charge on any atom is 0.223 e. The number of amides is 1. The van der Waals surface area contributed by atoms with Crippen LogP contribution in [-0.4, -0.2) is 32.3 Å². The topological polar surface area (TPSA) is 50.8 Å². The molecule has 152 valence electrons. The van der Waals surface area contributed by atoms with E-state index in [1.807, 2.05) is 24.3 Å². The molecule has 5 nitrogen and oxygen atoms in total. The Morgan fingerprint density at radius 2 is 1.86 bits per heavy atom. The number of hydrogen-bond donors (Lipinski definition) is 1. The molecule has 1 fully saturated rings. The Kier molecular flexibility index (Phi) is 4.85. The molecular weight excluding hydrogens is 432 g/mol. The van der Waals surface area contributed by atoms with E-state index in [9.17, 15) is 4.79 Å². The summed E-state index contributed by atoms with van der Waals surface area (Å²) in [6.07, 6.45) is 4.64. The third-order valence-corrected chi connectivity index (χ3v) is 6.61. The summed E-state index contributed by atoms with van der Waals surface area (Å²) in [6, 6.07) is 12.1. The molecule has 29 heavy (non-hydrogen) atoms. The van der Waals surface area contributed by atoms with Gasteiger partial charge in [-0.25, -0.2) is 0 Å². The second-order valence-electron chi connectivity index (χ2n) is 7.95. The number of nitrogens with zero attached hydrogens (tertiary/aromatic N) is 1. The first kappa shape index (κ1) is 19.8. The molecule has 2 aromatic rings. The molecule has 2 aromatic carbocycles. The van der Waals surface area contributed by atoms with E-state index in [-0.39, 0.29) is 11.3 Å². The summed E-state index contributed by atoms with van der Waals surface area (Å²) in [5.74, 6) is 1.43. The minimum absolute atomic E-state index is 0.0677. The van der Waals surface area contributed by atoms with Gasteiger partial charge in [-0.05, 0) is 47.5 Å². The van der Waals surface area contributed by atoms with Gasteiger partial charge in [0.15, 0.2) is 11.5 Å². The fourth-order valence-corrected chi connectivity index (χ4v) is 4.86. The summed E-state index contributed by atoms with van der Waals surface area (Å²) in [5.41, 5.74) is 2.39. The Bertz CT molecular complexity index is 1000. The van der Waals surface area contributed by atoms with E-state index < -0.39 is 5.66 Å². The molecule has 0 aromatic heterocycles. The van der Waals surface area contributed by atoms with E-state index >= 15 is 0 Å². The number of anilines is 1. The van der Waals surface area contributed by atoms with Crippen LogP contribution in [0.5, 0.6) is 11.5 Å². The lowest BCUT2D eigenvalue weighted by Gasteiger charge is -2.49. The van der Waals surface area contributed by atoms with Crippen molar-refractivity contribution in [1.29, 1.82) is 0 Å². The molecule has 4 rings (SSSR count). The van der Waals surface area contributed by atoms with Crippen LogP contribution in [0.3, 0.4) is 0 Å². The fraction of sp³-hybridized carbons (Fsp3) is 0.348. The number of rotatable bonds is 4. The maximum absolute atomic E-state index is 12.5. The highest BCUT2D eigenvalue weighted by atomic mass is 79.9. The average molecular weight is 457 g/mol. The molecular formula is C23H25BrN2O3. The molecule has 1 atom stereocenters. The van der Waals surface area contributed by atoms with Crippen molar-refractivity contribution in [2.75, 3.05) is 25.7 Å². The Morgan fingerprint density at radius 3 is 2.59 bits per heavy atom. The predicted molar refractivity (Wildman–Crippen MR) is 119 cm³/mol. The van der Waals surface area contributed by atoms with Crippen LogP contribution < -0.4 is 19.7 Å². The minimum Gasteiger partial charge on any atom is -0.493 e. The van der Waals surface area contributed by atoms with Crippen LogP contribution in [0.4, 0.5) is 5.69 Å². The maximum atomic E-state index is 12.5. The molecule has 0 spiro atoms. The zero-order chi connectivity index (χ0) is 20.8. The zero-order valence-electron chi connectivity index (χ0n) is 17.1.